The van der Waals surface area contributed by atoms with Crippen molar-refractivity contribution in [3.8, 4) is 0 Å². The van der Waals surface area contributed by atoms with Gasteiger partial charge in [-0.15, -0.1) is 0 Å². The summed E-state index contributed by atoms with van der Waals surface area (Å²) in [6, 6.07) is 0. The molecule has 0 N–H and O–H groups in total. The highest BCUT2D eigenvalue weighted by molar-refractivity contribution is 4.53. The molecule has 0 radical (unpaired) electrons. The molecule has 0 unspecified atom stereocenters. The van der Waals surface area contributed by atoms with E-state index in [9.17, 15) is 0 Å². The molecule has 40 heavy (non-hydrogen) atoms. The molecule has 0 aliphatic rings. The first-order valence-corrected chi connectivity index (χ1v) is 19.4. The fourth-order valence-electron chi connectivity index (χ4n) is 6.63. The summed E-state index contributed by atoms with van der Waals surface area (Å²) in [6.45, 7) is 7.32. The fraction of sp³-hybridized carbons (Fsp3) is 1.00. The standard InChI is InChI=1S/C39H82N/c1-5-7-8-9-10-11-12-13-14-15-16-17-18-19-20-21-22-23-24-25-26-27-28-29-30-31-32-33-34-35-36-37-39-40(3,4)38-6-2/h5-39H2,1-4H3/q+1. The van der Waals surface area contributed by atoms with E-state index in [0.717, 1.165) is 0 Å². The molecule has 0 rings (SSSR count). The van der Waals surface area contributed by atoms with Gasteiger partial charge in [0, 0.05) is 0 Å². The third kappa shape index (κ3) is 34.2. The van der Waals surface area contributed by atoms with Gasteiger partial charge >= 0.3 is 0 Å². The zero-order chi connectivity index (χ0) is 29.2. The molecule has 0 saturated carbocycles. The lowest BCUT2D eigenvalue weighted by molar-refractivity contribution is -0.890. The predicted octanol–water partition coefficient (Wildman–Crippen LogP) is 14.0. The van der Waals surface area contributed by atoms with Crippen molar-refractivity contribution in [3.05, 3.63) is 0 Å². The number of quaternary nitrogens is 1. The van der Waals surface area contributed by atoms with Crippen LogP contribution in [0.1, 0.15) is 226 Å². The zero-order valence-electron chi connectivity index (χ0n) is 29.2. The molecule has 242 valence electrons. The van der Waals surface area contributed by atoms with E-state index in [1.807, 2.05) is 0 Å². The minimum atomic E-state index is 1.22. The Bertz CT molecular complexity index is 442. The largest absolute Gasteiger partial charge is 0.328 e. The molecular weight excluding hydrogens is 482 g/mol. The molecule has 1 heteroatoms. The minimum absolute atomic E-state index is 1.22. The summed E-state index contributed by atoms with van der Waals surface area (Å²) in [6.07, 6.45) is 48.7. The van der Waals surface area contributed by atoms with Crippen molar-refractivity contribution in [2.45, 2.75) is 226 Å². The van der Waals surface area contributed by atoms with E-state index in [-0.39, 0.29) is 0 Å². The summed E-state index contributed by atoms with van der Waals surface area (Å²) in [5, 5.41) is 0. The summed E-state index contributed by atoms with van der Waals surface area (Å²) in [7, 11) is 4.79. The second kappa shape index (κ2) is 33.5. The van der Waals surface area contributed by atoms with Gasteiger partial charge in [0.2, 0.25) is 0 Å². The predicted molar refractivity (Wildman–Crippen MR) is 186 cm³/mol. The molecule has 0 aromatic rings. The Kier molecular flexibility index (Phi) is 33.4. The Morgan fingerprint density at radius 3 is 0.625 bits per heavy atom. The second-order valence-corrected chi connectivity index (χ2v) is 14.3. The van der Waals surface area contributed by atoms with Crippen molar-refractivity contribution in [2.24, 2.45) is 0 Å². The van der Waals surface area contributed by atoms with Gasteiger partial charge in [0.25, 0.3) is 0 Å². The zero-order valence-corrected chi connectivity index (χ0v) is 29.2. The number of rotatable bonds is 35. The third-order valence-electron chi connectivity index (χ3n) is 9.45. The van der Waals surface area contributed by atoms with Crippen molar-refractivity contribution in [3.63, 3.8) is 0 Å². The Morgan fingerprint density at radius 2 is 0.425 bits per heavy atom. The van der Waals surface area contributed by atoms with Crippen LogP contribution in [0.25, 0.3) is 0 Å². The summed E-state index contributed by atoms with van der Waals surface area (Å²) in [4.78, 5) is 0. The van der Waals surface area contributed by atoms with Crippen molar-refractivity contribution in [1.82, 2.24) is 0 Å². The molecule has 0 amide bonds. The van der Waals surface area contributed by atoms with Crippen molar-refractivity contribution >= 4 is 0 Å². The normalized spacial score (nSPS) is 12.0. The first kappa shape index (κ1) is 40.0. The van der Waals surface area contributed by atoms with Crippen LogP contribution in [-0.2, 0) is 0 Å². The molecule has 0 atom stereocenters. The van der Waals surface area contributed by atoms with Crippen LogP contribution < -0.4 is 0 Å². The number of hydrogen-bond acceptors (Lipinski definition) is 0. The molecule has 0 heterocycles. The van der Waals surface area contributed by atoms with Gasteiger partial charge < -0.3 is 4.48 Å². The van der Waals surface area contributed by atoms with Crippen molar-refractivity contribution < 1.29 is 4.48 Å². The van der Waals surface area contributed by atoms with Crippen molar-refractivity contribution in [2.75, 3.05) is 27.2 Å². The van der Waals surface area contributed by atoms with Crippen LogP contribution in [0.3, 0.4) is 0 Å². The lowest BCUT2D eigenvalue weighted by Crippen LogP contribution is -2.40. The minimum Gasteiger partial charge on any atom is -0.328 e. The van der Waals surface area contributed by atoms with E-state index >= 15 is 0 Å². The SMILES string of the molecule is CCCCCCCCCCCCCCCCCCCCCCCCCCCCCCCCCC[N+](C)(C)CCC. The second-order valence-electron chi connectivity index (χ2n) is 14.3. The third-order valence-corrected chi connectivity index (χ3v) is 9.45. The van der Waals surface area contributed by atoms with Crippen LogP contribution in [0, 0.1) is 0 Å². The molecule has 0 aliphatic heterocycles. The lowest BCUT2D eigenvalue weighted by atomic mass is 10.0. The lowest BCUT2D eigenvalue weighted by Gasteiger charge is -2.29. The van der Waals surface area contributed by atoms with E-state index in [1.165, 1.54) is 229 Å². The highest BCUT2D eigenvalue weighted by Gasteiger charge is 2.11. The Hall–Kier alpha value is -0.0400. The maximum atomic E-state index is 2.40. The van der Waals surface area contributed by atoms with Crippen molar-refractivity contribution in [1.29, 1.82) is 0 Å². The van der Waals surface area contributed by atoms with Crippen LogP contribution in [0.4, 0.5) is 0 Å². The maximum absolute atomic E-state index is 2.40. The van der Waals surface area contributed by atoms with Crippen LogP contribution in [0.5, 0.6) is 0 Å². The van der Waals surface area contributed by atoms with Gasteiger partial charge in [-0.05, 0) is 19.3 Å². The van der Waals surface area contributed by atoms with Gasteiger partial charge in [0.05, 0.1) is 27.2 Å². The van der Waals surface area contributed by atoms with Crippen LogP contribution in [0.2, 0.25) is 0 Å². The summed E-state index contributed by atoms with van der Waals surface area (Å²) >= 11 is 0. The van der Waals surface area contributed by atoms with Gasteiger partial charge in [-0.3, -0.25) is 0 Å². The summed E-state index contributed by atoms with van der Waals surface area (Å²) in [5.74, 6) is 0. The van der Waals surface area contributed by atoms with Gasteiger partial charge in [-0.1, -0.05) is 206 Å². The molecule has 0 saturated heterocycles. The quantitative estimate of drug-likeness (QED) is 0.0530. The van der Waals surface area contributed by atoms with E-state index in [1.54, 1.807) is 0 Å². The topological polar surface area (TPSA) is 0 Å². The van der Waals surface area contributed by atoms with Gasteiger partial charge in [-0.25, -0.2) is 0 Å². The van der Waals surface area contributed by atoms with E-state index in [0.29, 0.717) is 0 Å². The first-order chi connectivity index (χ1) is 19.6. The summed E-state index contributed by atoms with van der Waals surface area (Å²) in [5.41, 5.74) is 0. The van der Waals surface area contributed by atoms with Crippen LogP contribution >= 0.6 is 0 Å². The summed E-state index contributed by atoms with van der Waals surface area (Å²) < 4.78 is 1.22. The smallest absolute Gasteiger partial charge is 0.0782 e. The van der Waals surface area contributed by atoms with Crippen LogP contribution in [0.15, 0.2) is 0 Å². The van der Waals surface area contributed by atoms with Crippen LogP contribution in [-0.4, -0.2) is 31.7 Å². The Balaban J connectivity index is 3.08. The molecule has 0 aliphatic carbocycles. The van der Waals surface area contributed by atoms with E-state index in [4.69, 9.17) is 0 Å². The molecule has 0 spiro atoms. The maximum Gasteiger partial charge on any atom is 0.0782 e. The average molecular weight is 565 g/mol. The molecule has 0 fully saturated rings. The van der Waals surface area contributed by atoms with E-state index < -0.39 is 0 Å². The fourth-order valence-corrected chi connectivity index (χ4v) is 6.63. The highest BCUT2D eigenvalue weighted by Crippen LogP contribution is 2.17. The Labute approximate surface area is 257 Å². The molecular formula is C39H82N+. The number of nitrogens with zero attached hydrogens (tertiary/aromatic N) is 1. The van der Waals surface area contributed by atoms with E-state index in [2.05, 4.69) is 27.9 Å². The van der Waals surface area contributed by atoms with Gasteiger partial charge in [0.1, 0.15) is 0 Å². The van der Waals surface area contributed by atoms with Gasteiger partial charge in [0.15, 0.2) is 0 Å². The van der Waals surface area contributed by atoms with Gasteiger partial charge in [-0.2, -0.15) is 0 Å². The molecule has 0 aromatic carbocycles. The Morgan fingerprint density at radius 1 is 0.225 bits per heavy atom. The highest BCUT2D eigenvalue weighted by atomic mass is 15.3. The molecule has 0 bridgehead atoms. The number of hydrogen-bond donors (Lipinski definition) is 0. The average Bonchev–Trinajstić information content (AvgIpc) is 2.93. The molecule has 0 aromatic heterocycles. The number of unbranched alkanes of at least 4 members (excludes halogenated alkanes) is 31. The monoisotopic (exact) mass is 565 g/mol. The first-order valence-electron chi connectivity index (χ1n) is 19.4. The molecule has 1 nitrogen and oxygen atoms in total.